The fourth-order valence-corrected chi connectivity index (χ4v) is 3.06. The van der Waals surface area contributed by atoms with Gasteiger partial charge in [0.05, 0.1) is 11.2 Å². The Bertz CT molecular complexity index is 410. The number of rotatable bonds is 2. The van der Waals surface area contributed by atoms with E-state index in [1.165, 1.54) is 11.3 Å². The SMILES string of the molecule is Cc1ncsc1C(=O)N1CCC(C)C(CN)C1.Cl. The van der Waals surface area contributed by atoms with Gasteiger partial charge in [-0.15, -0.1) is 23.7 Å². The summed E-state index contributed by atoms with van der Waals surface area (Å²) >= 11 is 1.43. The summed E-state index contributed by atoms with van der Waals surface area (Å²) < 4.78 is 0. The number of piperidine rings is 1. The second-order valence-electron chi connectivity index (χ2n) is 4.78. The Morgan fingerprint density at radius 1 is 1.67 bits per heavy atom. The molecule has 0 spiro atoms. The lowest BCUT2D eigenvalue weighted by Crippen LogP contribution is -2.45. The Kier molecular flexibility index (Phi) is 5.56. The highest BCUT2D eigenvalue weighted by Gasteiger charge is 2.29. The molecule has 1 saturated heterocycles. The molecule has 1 aliphatic heterocycles. The highest BCUT2D eigenvalue weighted by Crippen LogP contribution is 2.25. The van der Waals surface area contributed by atoms with Gasteiger partial charge >= 0.3 is 0 Å². The van der Waals surface area contributed by atoms with Crippen LogP contribution in [-0.2, 0) is 0 Å². The van der Waals surface area contributed by atoms with Gasteiger partial charge in [-0.1, -0.05) is 6.92 Å². The van der Waals surface area contributed by atoms with Crippen molar-refractivity contribution in [2.75, 3.05) is 19.6 Å². The van der Waals surface area contributed by atoms with Gasteiger partial charge in [-0.3, -0.25) is 4.79 Å². The van der Waals surface area contributed by atoms with Gasteiger partial charge < -0.3 is 10.6 Å². The molecule has 102 valence electrons. The number of nitrogens with two attached hydrogens (primary N) is 1. The molecule has 2 unspecified atom stereocenters. The van der Waals surface area contributed by atoms with Crippen LogP contribution in [0.4, 0.5) is 0 Å². The molecule has 0 radical (unpaired) electrons. The number of nitrogens with zero attached hydrogens (tertiary/aromatic N) is 2. The van der Waals surface area contributed by atoms with Gasteiger partial charge in [-0.25, -0.2) is 4.98 Å². The number of carbonyl (C=O) groups is 1. The number of halogens is 1. The fraction of sp³-hybridized carbons (Fsp3) is 0.667. The van der Waals surface area contributed by atoms with E-state index < -0.39 is 0 Å². The zero-order valence-corrected chi connectivity index (χ0v) is 12.4. The summed E-state index contributed by atoms with van der Waals surface area (Å²) in [5.74, 6) is 1.17. The molecule has 6 heteroatoms. The van der Waals surface area contributed by atoms with Crippen LogP contribution in [0.25, 0.3) is 0 Å². The van der Waals surface area contributed by atoms with Crippen LogP contribution in [0.2, 0.25) is 0 Å². The molecule has 0 bridgehead atoms. The van der Waals surface area contributed by atoms with E-state index in [1.54, 1.807) is 5.51 Å². The molecule has 0 aromatic carbocycles. The van der Waals surface area contributed by atoms with Crippen LogP contribution in [0.3, 0.4) is 0 Å². The van der Waals surface area contributed by atoms with Gasteiger partial charge in [-0.05, 0) is 31.7 Å². The predicted molar refractivity (Wildman–Crippen MR) is 76.3 cm³/mol. The first-order valence-electron chi connectivity index (χ1n) is 6.03. The van der Waals surface area contributed by atoms with Crippen molar-refractivity contribution in [2.45, 2.75) is 20.3 Å². The van der Waals surface area contributed by atoms with Crippen molar-refractivity contribution in [3.05, 3.63) is 16.1 Å². The van der Waals surface area contributed by atoms with E-state index >= 15 is 0 Å². The molecule has 0 aliphatic carbocycles. The first-order chi connectivity index (χ1) is 8.13. The minimum atomic E-state index is 0. The van der Waals surface area contributed by atoms with Crippen LogP contribution >= 0.6 is 23.7 Å². The summed E-state index contributed by atoms with van der Waals surface area (Å²) in [4.78, 5) is 19.1. The van der Waals surface area contributed by atoms with Crippen LogP contribution in [0.5, 0.6) is 0 Å². The van der Waals surface area contributed by atoms with Crippen molar-refractivity contribution in [3.8, 4) is 0 Å². The van der Waals surface area contributed by atoms with Crippen molar-refractivity contribution < 1.29 is 4.79 Å². The largest absolute Gasteiger partial charge is 0.338 e. The average molecular weight is 290 g/mol. The molecule has 1 amide bonds. The van der Waals surface area contributed by atoms with E-state index in [2.05, 4.69) is 11.9 Å². The quantitative estimate of drug-likeness (QED) is 0.905. The van der Waals surface area contributed by atoms with Crippen LogP contribution in [-0.4, -0.2) is 35.4 Å². The number of likely N-dealkylation sites (tertiary alicyclic amines) is 1. The Hall–Kier alpha value is -0.650. The Morgan fingerprint density at radius 3 is 2.94 bits per heavy atom. The molecule has 2 rings (SSSR count). The summed E-state index contributed by atoms with van der Waals surface area (Å²) in [5, 5.41) is 0. The zero-order chi connectivity index (χ0) is 12.4. The second-order valence-corrected chi connectivity index (χ2v) is 5.63. The lowest BCUT2D eigenvalue weighted by Gasteiger charge is -2.36. The lowest BCUT2D eigenvalue weighted by atomic mass is 9.87. The third-order valence-electron chi connectivity index (χ3n) is 3.64. The van der Waals surface area contributed by atoms with Crippen molar-refractivity contribution >= 4 is 29.7 Å². The smallest absolute Gasteiger partial charge is 0.265 e. The van der Waals surface area contributed by atoms with Crippen molar-refractivity contribution in [2.24, 2.45) is 17.6 Å². The molecule has 2 N–H and O–H groups in total. The normalized spacial score (nSPS) is 23.6. The van der Waals surface area contributed by atoms with Gasteiger partial charge in [0.1, 0.15) is 4.88 Å². The molecule has 1 aromatic rings. The van der Waals surface area contributed by atoms with Gasteiger partial charge in [0, 0.05) is 13.1 Å². The van der Waals surface area contributed by atoms with E-state index in [1.807, 2.05) is 11.8 Å². The Balaban J connectivity index is 0.00000162. The molecule has 1 aliphatic rings. The molecule has 2 heterocycles. The fourth-order valence-electron chi connectivity index (χ4n) is 2.29. The summed E-state index contributed by atoms with van der Waals surface area (Å²) in [6, 6.07) is 0. The van der Waals surface area contributed by atoms with Crippen molar-refractivity contribution in [1.82, 2.24) is 9.88 Å². The molecule has 1 fully saturated rings. The average Bonchev–Trinajstić information content (AvgIpc) is 2.75. The van der Waals surface area contributed by atoms with Crippen LogP contribution < -0.4 is 5.73 Å². The monoisotopic (exact) mass is 289 g/mol. The Labute approximate surface area is 118 Å². The van der Waals surface area contributed by atoms with E-state index in [4.69, 9.17) is 5.73 Å². The third-order valence-corrected chi connectivity index (χ3v) is 4.56. The number of hydrogen-bond acceptors (Lipinski definition) is 4. The van der Waals surface area contributed by atoms with Crippen LogP contribution in [0.15, 0.2) is 5.51 Å². The number of aryl methyl sites for hydroxylation is 1. The van der Waals surface area contributed by atoms with Gasteiger partial charge in [0.2, 0.25) is 0 Å². The molecular formula is C12H20ClN3OS. The molecule has 4 nitrogen and oxygen atoms in total. The van der Waals surface area contributed by atoms with Crippen molar-refractivity contribution in [1.29, 1.82) is 0 Å². The van der Waals surface area contributed by atoms with Gasteiger partial charge in [0.25, 0.3) is 5.91 Å². The topological polar surface area (TPSA) is 59.2 Å². The van der Waals surface area contributed by atoms with E-state index in [0.717, 1.165) is 30.1 Å². The number of hydrogen-bond donors (Lipinski definition) is 1. The third kappa shape index (κ3) is 3.02. The standard InChI is InChI=1S/C12H19N3OS.ClH/c1-8-3-4-15(6-10(8)5-13)12(16)11-9(2)14-7-17-11;/h7-8,10H,3-6,13H2,1-2H3;1H. The van der Waals surface area contributed by atoms with E-state index in [0.29, 0.717) is 18.4 Å². The maximum Gasteiger partial charge on any atom is 0.265 e. The first kappa shape index (κ1) is 15.4. The van der Waals surface area contributed by atoms with Crippen LogP contribution in [0.1, 0.15) is 28.7 Å². The second kappa shape index (κ2) is 6.50. The summed E-state index contributed by atoms with van der Waals surface area (Å²) in [5.41, 5.74) is 8.32. The van der Waals surface area contributed by atoms with Gasteiger partial charge in [0.15, 0.2) is 0 Å². The minimum Gasteiger partial charge on any atom is -0.338 e. The first-order valence-corrected chi connectivity index (χ1v) is 6.91. The van der Waals surface area contributed by atoms with Gasteiger partial charge in [-0.2, -0.15) is 0 Å². The van der Waals surface area contributed by atoms with E-state index in [-0.39, 0.29) is 18.3 Å². The van der Waals surface area contributed by atoms with Crippen molar-refractivity contribution in [3.63, 3.8) is 0 Å². The highest BCUT2D eigenvalue weighted by molar-refractivity contribution is 7.11. The summed E-state index contributed by atoms with van der Waals surface area (Å²) in [7, 11) is 0. The number of amides is 1. The van der Waals surface area contributed by atoms with E-state index in [9.17, 15) is 4.79 Å². The molecule has 0 saturated carbocycles. The highest BCUT2D eigenvalue weighted by atomic mass is 35.5. The summed E-state index contributed by atoms with van der Waals surface area (Å²) in [6.07, 6.45) is 1.05. The number of carbonyl (C=O) groups excluding carboxylic acids is 1. The maximum atomic E-state index is 12.3. The molecule has 18 heavy (non-hydrogen) atoms. The maximum absolute atomic E-state index is 12.3. The predicted octanol–water partition coefficient (Wildman–Crippen LogP) is 1.93. The lowest BCUT2D eigenvalue weighted by molar-refractivity contribution is 0.0622. The summed E-state index contributed by atoms with van der Waals surface area (Å²) in [6.45, 7) is 6.39. The zero-order valence-electron chi connectivity index (χ0n) is 10.8. The number of thiazole rings is 1. The molecule has 2 atom stereocenters. The van der Waals surface area contributed by atoms with Crippen LogP contribution in [0, 0.1) is 18.8 Å². The molecular weight excluding hydrogens is 270 g/mol. The molecule has 1 aromatic heterocycles. The number of aromatic nitrogens is 1. The Morgan fingerprint density at radius 2 is 2.39 bits per heavy atom. The minimum absolute atomic E-state index is 0.